The normalized spacial score (nSPS) is 10.9. The van der Waals surface area contributed by atoms with Crippen LogP contribution in [-0.4, -0.2) is 32.7 Å². The van der Waals surface area contributed by atoms with Crippen molar-refractivity contribution in [1.29, 1.82) is 0 Å². The molecular weight excluding hydrogens is 422 g/mol. The van der Waals surface area contributed by atoms with Crippen molar-refractivity contribution in [3.63, 3.8) is 0 Å². The van der Waals surface area contributed by atoms with Crippen molar-refractivity contribution in [2.45, 2.75) is 33.4 Å². The summed E-state index contributed by atoms with van der Waals surface area (Å²) in [5.41, 5.74) is 3.99. The molecule has 0 saturated carbocycles. The highest BCUT2D eigenvalue weighted by Gasteiger charge is 2.18. The van der Waals surface area contributed by atoms with Gasteiger partial charge in [0.2, 0.25) is 5.78 Å². The maximum atomic E-state index is 12.7. The number of aromatic nitrogens is 3. The minimum absolute atomic E-state index is 0.191. The van der Waals surface area contributed by atoms with Gasteiger partial charge in [-0.05, 0) is 61.5 Å². The third kappa shape index (κ3) is 5.06. The lowest BCUT2D eigenvalue weighted by Crippen LogP contribution is -2.15. The van der Waals surface area contributed by atoms with Crippen LogP contribution in [0.1, 0.15) is 42.5 Å². The molecule has 0 atom stereocenters. The lowest BCUT2D eigenvalue weighted by molar-refractivity contribution is 0.0474. The Hall–Kier alpha value is -3.45. The Morgan fingerprint density at radius 1 is 1.09 bits per heavy atom. The molecule has 7 heteroatoms. The fourth-order valence-corrected chi connectivity index (χ4v) is 4.42. The molecule has 0 amide bonds. The highest BCUT2D eigenvalue weighted by molar-refractivity contribution is 7.09. The smallest absolute Gasteiger partial charge is 0.338 e. The fraction of sp³-hybridized carbons (Fsp3) is 0.240. The predicted molar refractivity (Wildman–Crippen MR) is 124 cm³/mol. The summed E-state index contributed by atoms with van der Waals surface area (Å²) in [6.45, 7) is 5.10. The van der Waals surface area contributed by atoms with Crippen molar-refractivity contribution >= 4 is 23.1 Å². The zero-order chi connectivity index (χ0) is 22.5. The van der Waals surface area contributed by atoms with Gasteiger partial charge in [-0.15, -0.1) is 11.3 Å². The van der Waals surface area contributed by atoms with Gasteiger partial charge in [-0.2, -0.15) is 5.10 Å². The fourth-order valence-electron chi connectivity index (χ4n) is 3.72. The minimum atomic E-state index is -0.504. The Labute approximate surface area is 191 Å². The van der Waals surface area contributed by atoms with E-state index in [2.05, 4.69) is 21.1 Å². The van der Waals surface area contributed by atoms with Crippen LogP contribution < -0.4 is 0 Å². The summed E-state index contributed by atoms with van der Waals surface area (Å²) in [6.07, 6.45) is 4.53. The van der Waals surface area contributed by atoms with Crippen LogP contribution in [0.15, 0.2) is 66.3 Å². The van der Waals surface area contributed by atoms with Crippen molar-refractivity contribution in [2.24, 2.45) is 0 Å². The lowest BCUT2D eigenvalue weighted by Gasteiger charge is -2.09. The number of rotatable bonds is 9. The van der Waals surface area contributed by atoms with Gasteiger partial charge >= 0.3 is 5.97 Å². The van der Waals surface area contributed by atoms with Gasteiger partial charge in [0, 0.05) is 40.8 Å². The number of carbonyl (C=O) groups excluding carboxylic acids is 2. The van der Waals surface area contributed by atoms with Gasteiger partial charge in [0.15, 0.2) is 6.61 Å². The number of carbonyl (C=O) groups is 2. The number of hydrogen-bond donors (Lipinski definition) is 0. The molecular formula is C25H25N3O3S. The van der Waals surface area contributed by atoms with Crippen LogP contribution in [-0.2, 0) is 24.2 Å². The number of thiophene rings is 1. The first kappa shape index (κ1) is 21.8. The van der Waals surface area contributed by atoms with Gasteiger partial charge in [-0.3, -0.25) is 9.48 Å². The number of nitrogens with zero attached hydrogens (tertiary/aromatic N) is 3. The van der Waals surface area contributed by atoms with Crippen molar-refractivity contribution < 1.29 is 14.3 Å². The molecule has 0 aliphatic carbocycles. The van der Waals surface area contributed by atoms with Crippen molar-refractivity contribution in [3.8, 4) is 0 Å². The Balaban J connectivity index is 1.34. The molecule has 0 saturated heterocycles. The van der Waals surface area contributed by atoms with Gasteiger partial charge in [0.25, 0.3) is 0 Å². The van der Waals surface area contributed by atoms with Gasteiger partial charge in [0.1, 0.15) is 0 Å². The minimum Gasteiger partial charge on any atom is -0.454 e. The second-order valence-electron chi connectivity index (χ2n) is 7.67. The number of aryl methyl sites for hydroxylation is 2. The average molecular weight is 448 g/mol. The zero-order valence-electron chi connectivity index (χ0n) is 18.2. The average Bonchev–Trinajstić information content (AvgIpc) is 3.54. The largest absolute Gasteiger partial charge is 0.454 e. The number of ether oxygens (including phenoxy) is 1. The number of benzene rings is 1. The second kappa shape index (κ2) is 9.78. The molecule has 0 spiro atoms. The van der Waals surface area contributed by atoms with E-state index in [9.17, 15) is 9.59 Å². The summed E-state index contributed by atoms with van der Waals surface area (Å²) in [4.78, 5) is 26.5. The molecule has 32 heavy (non-hydrogen) atoms. The monoisotopic (exact) mass is 447 g/mol. The summed E-state index contributed by atoms with van der Waals surface area (Å²) in [7, 11) is 0. The maximum absolute atomic E-state index is 12.7. The van der Waals surface area contributed by atoms with E-state index >= 15 is 0 Å². The van der Waals surface area contributed by atoms with Gasteiger partial charge < -0.3 is 9.30 Å². The van der Waals surface area contributed by atoms with Gasteiger partial charge in [-0.1, -0.05) is 18.2 Å². The van der Waals surface area contributed by atoms with E-state index in [1.54, 1.807) is 29.7 Å². The van der Waals surface area contributed by atoms with E-state index in [0.717, 1.165) is 29.9 Å². The Kier molecular flexibility index (Phi) is 6.66. The van der Waals surface area contributed by atoms with Crippen LogP contribution in [0, 0.1) is 13.8 Å². The Bertz CT molecular complexity index is 1190. The second-order valence-corrected chi connectivity index (χ2v) is 8.70. The maximum Gasteiger partial charge on any atom is 0.338 e. The summed E-state index contributed by atoms with van der Waals surface area (Å²) in [6, 6.07) is 15.1. The van der Waals surface area contributed by atoms with Crippen molar-refractivity contribution in [1.82, 2.24) is 14.3 Å². The van der Waals surface area contributed by atoms with E-state index in [1.165, 1.54) is 4.88 Å². The summed E-state index contributed by atoms with van der Waals surface area (Å²) >= 11 is 1.74. The predicted octanol–water partition coefficient (Wildman–Crippen LogP) is 4.69. The number of hydrogen-bond acceptors (Lipinski definition) is 5. The molecule has 0 aliphatic rings. The molecule has 0 fully saturated rings. The van der Waals surface area contributed by atoms with Crippen LogP contribution in [0.25, 0.3) is 0 Å². The first-order valence-corrected chi connectivity index (χ1v) is 11.3. The summed E-state index contributed by atoms with van der Waals surface area (Å²) in [5, 5.41) is 6.24. The molecule has 6 nitrogen and oxygen atoms in total. The summed E-state index contributed by atoms with van der Waals surface area (Å²) < 4.78 is 9.25. The third-order valence-corrected chi connectivity index (χ3v) is 6.40. The highest BCUT2D eigenvalue weighted by Crippen LogP contribution is 2.18. The molecule has 0 bridgehead atoms. The molecule has 0 radical (unpaired) electrons. The Morgan fingerprint density at radius 2 is 1.91 bits per heavy atom. The number of Topliss-reactive ketones (excluding diaryl/α,β-unsaturated/α-hetero) is 1. The number of esters is 1. The molecule has 0 aliphatic heterocycles. The van der Waals surface area contributed by atoms with Gasteiger partial charge in [0.05, 0.1) is 12.1 Å². The zero-order valence-corrected chi connectivity index (χ0v) is 19.0. The molecule has 164 valence electrons. The standard InChI is InChI=1S/C25H25N3O3S/c1-18-15-23(19(2)28(18)13-10-22-5-3-14-32-22)24(29)17-31-25(30)21-8-6-20(7-9-21)16-27-12-4-11-26-27/h3-9,11-12,14-15H,10,13,16-17H2,1-2H3. The van der Waals surface area contributed by atoms with Gasteiger partial charge in [-0.25, -0.2) is 4.79 Å². The molecule has 1 aromatic carbocycles. The third-order valence-electron chi connectivity index (χ3n) is 5.46. The topological polar surface area (TPSA) is 66.1 Å². The molecule has 3 aromatic heterocycles. The summed E-state index contributed by atoms with van der Waals surface area (Å²) in [5.74, 6) is -0.695. The van der Waals surface area contributed by atoms with E-state index in [1.807, 2.05) is 55.1 Å². The van der Waals surface area contributed by atoms with Crippen molar-refractivity contribution in [2.75, 3.05) is 6.61 Å². The van der Waals surface area contributed by atoms with Crippen molar-refractivity contribution in [3.05, 3.63) is 99.3 Å². The quantitative estimate of drug-likeness (QED) is 0.276. The van der Waals surface area contributed by atoms with Crippen LogP contribution in [0.3, 0.4) is 0 Å². The van der Waals surface area contributed by atoms with Crippen LogP contribution in [0.5, 0.6) is 0 Å². The Morgan fingerprint density at radius 3 is 2.59 bits per heavy atom. The molecule has 0 N–H and O–H groups in total. The SMILES string of the molecule is Cc1cc(C(=O)COC(=O)c2ccc(Cn3cccn3)cc2)c(C)n1CCc1cccs1. The van der Waals surface area contributed by atoms with E-state index < -0.39 is 5.97 Å². The van der Waals surface area contributed by atoms with E-state index in [0.29, 0.717) is 17.7 Å². The highest BCUT2D eigenvalue weighted by atomic mass is 32.1. The molecule has 3 heterocycles. The van der Waals surface area contributed by atoms with Crippen LogP contribution >= 0.6 is 11.3 Å². The molecule has 4 rings (SSSR count). The molecule has 0 unspecified atom stereocenters. The first-order valence-electron chi connectivity index (χ1n) is 10.5. The first-order chi connectivity index (χ1) is 15.5. The van der Waals surface area contributed by atoms with E-state index in [4.69, 9.17) is 4.74 Å². The lowest BCUT2D eigenvalue weighted by atomic mass is 10.1. The van der Waals surface area contributed by atoms with Crippen LogP contribution in [0.4, 0.5) is 0 Å². The van der Waals surface area contributed by atoms with Crippen LogP contribution in [0.2, 0.25) is 0 Å². The molecule has 4 aromatic rings. The van der Waals surface area contributed by atoms with E-state index in [-0.39, 0.29) is 12.4 Å². The number of ketones is 1.